The van der Waals surface area contributed by atoms with E-state index in [1.165, 1.54) is 30.3 Å². The third kappa shape index (κ3) is 5.12. The first-order valence-electron chi connectivity index (χ1n) is 8.04. The van der Waals surface area contributed by atoms with Crippen LogP contribution in [0.2, 0.25) is 10.0 Å². The Morgan fingerprint density at radius 1 is 1.25 bits per heavy atom. The second-order valence-electron chi connectivity index (χ2n) is 5.87. The number of carbonyl (C=O) groups excluding carboxylic acids is 1. The molecule has 150 valence electrons. The molecule has 0 aliphatic rings. The predicted molar refractivity (Wildman–Crippen MR) is 110 cm³/mol. The molecule has 0 aromatic heterocycles. The molecule has 1 atom stereocenters. The smallest absolute Gasteiger partial charge is 0.271 e. The summed E-state index contributed by atoms with van der Waals surface area (Å²) < 4.78 is 25.7. The molecule has 0 saturated heterocycles. The molecule has 11 heteroatoms. The van der Waals surface area contributed by atoms with E-state index in [4.69, 9.17) is 23.2 Å². The summed E-state index contributed by atoms with van der Waals surface area (Å²) in [5.41, 5.74) is -0.0553. The van der Waals surface area contributed by atoms with Crippen LogP contribution in [-0.4, -0.2) is 31.5 Å². The first kappa shape index (κ1) is 21.9. The van der Waals surface area contributed by atoms with Gasteiger partial charge in [-0.25, -0.2) is 8.42 Å². The van der Waals surface area contributed by atoms with Crippen LogP contribution in [0.3, 0.4) is 0 Å². The Morgan fingerprint density at radius 3 is 2.50 bits per heavy atom. The standard InChI is InChI=1S/C17H17Cl2N3O5S/c1-3-16(17(23)20-15-9-11(18)7-8-14(15)19)21(28(2,26)27)12-5-4-6-13(10-12)22(24)25/h4-10,16H,3H2,1-2H3,(H,20,23). The number of benzene rings is 2. The molecule has 1 amide bonds. The quantitative estimate of drug-likeness (QED) is 0.509. The first-order chi connectivity index (χ1) is 13.0. The molecule has 0 bridgehead atoms. The molecule has 0 radical (unpaired) electrons. The number of hydrogen-bond acceptors (Lipinski definition) is 5. The summed E-state index contributed by atoms with van der Waals surface area (Å²) in [5.74, 6) is -0.649. The fourth-order valence-electron chi connectivity index (χ4n) is 2.61. The van der Waals surface area contributed by atoms with Crippen molar-refractivity contribution in [3.8, 4) is 0 Å². The van der Waals surface area contributed by atoms with E-state index in [1.807, 2.05) is 0 Å². The van der Waals surface area contributed by atoms with E-state index >= 15 is 0 Å². The number of anilines is 2. The number of nitro benzene ring substituents is 1. The van der Waals surface area contributed by atoms with E-state index in [2.05, 4.69) is 5.32 Å². The maximum atomic E-state index is 12.8. The molecule has 0 saturated carbocycles. The van der Waals surface area contributed by atoms with Gasteiger partial charge in [-0.1, -0.05) is 36.2 Å². The van der Waals surface area contributed by atoms with Gasteiger partial charge in [0, 0.05) is 17.2 Å². The Hall–Kier alpha value is -2.36. The minimum Gasteiger partial charge on any atom is -0.323 e. The zero-order chi connectivity index (χ0) is 21.1. The molecular formula is C17H17Cl2N3O5S. The van der Waals surface area contributed by atoms with Gasteiger partial charge in [-0.15, -0.1) is 0 Å². The fraction of sp³-hybridized carbons (Fsp3) is 0.235. The maximum absolute atomic E-state index is 12.8. The van der Waals surface area contributed by atoms with Gasteiger partial charge >= 0.3 is 0 Å². The largest absolute Gasteiger partial charge is 0.323 e. The van der Waals surface area contributed by atoms with Crippen LogP contribution in [-0.2, 0) is 14.8 Å². The van der Waals surface area contributed by atoms with Gasteiger partial charge in [-0.05, 0) is 30.7 Å². The number of halogens is 2. The zero-order valence-electron chi connectivity index (χ0n) is 14.9. The first-order valence-corrected chi connectivity index (χ1v) is 10.6. The lowest BCUT2D eigenvalue weighted by molar-refractivity contribution is -0.384. The molecule has 0 aliphatic carbocycles. The van der Waals surface area contributed by atoms with Crippen molar-refractivity contribution in [3.63, 3.8) is 0 Å². The lowest BCUT2D eigenvalue weighted by Crippen LogP contribution is -2.47. The number of hydrogen-bond donors (Lipinski definition) is 1. The molecule has 8 nitrogen and oxygen atoms in total. The number of amides is 1. The number of non-ortho nitro benzene ring substituents is 1. The minimum absolute atomic E-state index is 0.0101. The summed E-state index contributed by atoms with van der Waals surface area (Å²) >= 11 is 12.0. The molecule has 1 unspecified atom stereocenters. The SMILES string of the molecule is CCC(C(=O)Nc1cc(Cl)ccc1Cl)N(c1cccc([N+](=O)[O-])c1)S(C)(=O)=O. The lowest BCUT2D eigenvalue weighted by atomic mass is 10.1. The molecular weight excluding hydrogens is 429 g/mol. The van der Waals surface area contributed by atoms with Crippen LogP contribution in [0.15, 0.2) is 42.5 Å². The summed E-state index contributed by atoms with van der Waals surface area (Å²) in [6.07, 6.45) is 1.04. The van der Waals surface area contributed by atoms with Crippen LogP contribution in [0.1, 0.15) is 13.3 Å². The second-order valence-corrected chi connectivity index (χ2v) is 8.58. The molecule has 2 aromatic rings. The number of rotatable bonds is 7. The van der Waals surface area contributed by atoms with Crippen molar-refractivity contribution < 1.29 is 18.1 Å². The summed E-state index contributed by atoms with van der Waals surface area (Å²) in [6, 6.07) is 8.39. The van der Waals surface area contributed by atoms with Crippen molar-refractivity contribution in [2.45, 2.75) is 19.4 Å². The van der Waals surface area contributed by atoms with Gasteiger partial charge in [0.1, 0.15) is 6.04 Å². The van der Waals surface area contributed by atoms with Gasteiger partial charge < -0.3 is 5.32 Å². The average molecular weight is 446 g/mol. The Bertz CT molecular complexity index is 1010. The van der Waals surface area contributed by atoms with Gasteiger partial charge in [0.2, 0.25) is 15.9 Å². The normalized spacial score (nSPS) is 12.3. The van der Waals surface area contributed by atoms with E-state index in [9.17, 15) is 23.3 Å². The fourth-order valence-corrected chi connectivity index (χ4v) is 4.15. The summed E-state index contributed by atoms with van der Waals surface area (Å²) in [7, 11) is -3.94. The topological polar surface area (TPSA) is 110 Å². The second kappa shape index (κ2) is 8.76. The van der Waals surface area contributed by atoms with Crippen LogP contribution in [0.5, 0.6) is 0 Å². The van der Waals surface area contributed by atoms with Gasteiger partial charge in [0.25, 0.3) is 5.69 Å². The highest BCUT2D eigenvalue weighted by Gasteiger charge is 2.32. The van der Waals surface area contributed by atoms with Crippen molar-refractivity contribution in [1.29, 1.82) is 0 Å². The highest BCUT2D eigenvalue weighted by molar-refractivity contribution is 7.92. The maximum Gasteiger partial charge on any atom is 0.271 e. The number of nitro groups is 1. The molecule has 2 aromatic carbocycles. The molecule has 28 heavy (non-hydrogen) atoms. The Morgan fingerprint density at radius 2 is 1.93 bits per heavy atom. The van der Waals surface area contributed by atoms with Crippen LogP contribution in [0, 0.1) is 10.1 Å². The number of carbonyl (C=O) groups is 1. The van der Waals surface area contributed by atoms with Crippen molar-refractivity contribution in [1.82, 2.24) is 0 Å². The third-order valence-corrected chi connectivity index (χ3v) is 5.56. The Labute approximate surface area is 172 Å². The van der Waals surface area contributed by atoms with Crippen molar-refractivity contribution in [2.24, 2.45) is 0 Å². The van der Waals surface area contributed by atoms with E-state index in [0.717, 1.165) is 16.6 Å². The monoisotopic (exact) mass is 445 g/mol. The van der Waals surface area contributed by atoms with Crippen molar-refractivity contribution in [2.75, 3.05) is 15.9 Å². The van der Waals surface area contributed by atoms with Crippen LogP contribution >= 0.6 is 23.2 Å². The summed E-state index contributed by atoms with van der Waals surface area (Å²) in [5, 5.41) is 14.2. The molecule has 0 heterocycles. The number of sulfonamides is 1. The molecule has 2 rings (SSSR count). The van der Waals surface area contributed by atoms with Crippen LogP contribution in [0.4, 0.5) is 17.1 Å². The lowest BCUT2D eigenvalue weighted by Gasteiger charge is -2.30. The average Bonchev–Trinajstić information content (AvgIpc) is 2.61. The Kier molecular flexibility index (Phi) is 6.87. The Balaban J connectivity index is 2.46. The van der Waals surface area contributed by atoms with E-state index in [-0.39, 0.29) is 28.5 Å². The highest BCUT2D eigenvalue weighted by atomic mass is 35.5. The van der Waals surface area contributed by atoms with Gasteiger partial charge in [-0.3, -0.25) is 19.2 Å². The predicted octanol–water partition coefficient (Wildman–Crippen LogP) is 4.08. The molecule has 0 fully saturated rings. The molecule has 1 N–H and O–H groups in total. The summed E-state index contributed by atoms with van der Waals surface area (Å²) in [4.78, 5) is 23.2. The summed E-state index contributed by atoms with van der Waals surface area (Å²) in [6.45, 7) is 1.62. The van der Waals surface area contributed by atoms with Crippen molar-refractivity contribution >= 4 is 56.2 Å². The van der Waals surface area contributed by atoms with Gasteiger partial charge in [0.05, 0.1) is 27.6 Å². The van der Waals surface area contributed by atoms with Crippen molar-refractivity contribution in [3.05, 3.63) is 62.6 Å². The minimum atomic E-state index is -3.94. The van der Waals surface area contributed by atoms with Gasteiger partial charge in [-0.2, -0.15) is 0 Å². The highest BCUT2D eigenvalue weighted by Crippen LogP contribution is 2.29. The number of nitrogens with zero attached hydrogens (tertiary/aromatic N) is 2. The van der Waals surface area contributed by atoms with E-state index < -0.39 is 26.9 Å². The number of nitrogens with one attached hydrogen (secondary N) is 1. The van der Waals surface area contributed by atoms with Crippen LogP contribution in [0.25, 0.3) is 0 Å². The third-order valence-electron chi connectivity index (χ3n) is 3.81. The zero-order valence-corrected chi connectivity index (χ0v) is 17.3. The van der Waals surface area contributed by atoms with Gasteiger partial charge in [0.15, 0.2) is 0 Å². The molecule has 0 aliphatic heterocycles. The van der Waals surface area contributed by atoms with Crippen LogP contribution < -0.4 is 9.62 Å². The van der Waals surface area contributed by atoms with E-state index in [1.54, 1.807) is 13.0 Å². The van der Waals surface area contributed by atoms with E-state index in [0.29, 0.717) is 5.02 Å². The molecule has 0 spiro atoms.